The van der Waals surface area contributed by atoms with Crippen molar-refractivity contribution in [3.05, 3.63) is 42.5 Å². The van der Waals surface area contributed by atoms with Crippen LogP contribution in [0.25, 0.3) is 0 Å². The molecule has 1 unspecified atom stereocenters. The van der Waals surface area contributed by atoms with Crippen molar-refractivity contribution in [1.29, 1.82) is 0 Å². The second-order valence-corrected chi connectivity index (χ2v) is 3.24. The Morgan fingerprint density at radius 1 is 1.57 bits per heavy atom. The quantitative estimate of drug-likeness (QED) is 0.721. The van der Waals surface area contributed by atoms with Crippen LogP contribution in [0.3, 0.4) is 0 Å². The summed E-state index contributed by atoms with van der Waals surface area (Å²) in [5.41, 5.74) is 1.22. The van der Waals surface area contributed by atoms with Crippen molar-refractivity contribution in [3.8, 4) is 5.75 Å². The number of nitrogens with one attached hydrogen (secondary N) is 1. The fraction of sp³-hybridized carbons (Fsp3) is 0.333. The Morgan fingerprint density at radius 2 is 2.36 bits per heavy atom. The van der Waals surface area contributed by atoms with Gasteiger partial charge in [-0.15, -0.1) is 0 Å². The highest BCUT2D eigenvalue weighted by Crippen LogP contribution is 2.14. The molecule has 1 N–H and O–H groups in total. The van der Waals surface area contributed by atoms with Crippen LogP contribution in [-0.2, 0) is 6.54 Å². The van der Waals surface area contributed by atoms with Crippen LogP contribution in [0.1, 0.15) is 12.5 Å². The topological polar surface area (TPSA) is 21.3 Å². The summed E-state index contributed by atoms with van der Waals surface area (Å²) >= 11 is 0. The van der Waals surface area contributed by atoms with Crippen molar-refractivity contribution in [3.63, 3.8) is 0 Å². The molecule has 1 aromatic carbocycles. The average Bonchev–Trinajstić information content (AvgIpc) is 2.19. The molecule has 0 saturated heterocycles. The van der Waals surface area contributed by atoms with E-state index in [1.54, 1.807) is 6.08 Å². The molecule has 0 saturated carbocycles. The summed E-state index contributed by atoms with van der Waals surface area (Å²) in [7, 11) is 1.93. The normalized spacial score (nSPS) is 12.1. The summed E-state index contributed by atoms with van der Waals surface area (Å²) in [6.07, 6.45) is 1.84. The number of hydrogen-bond donors (Lipinski definition) is 1. The maximum Gasteiger partial charge on any atom is 0.120 e. The minimum atomic E-state index is 0.0554. The van der Waals surface area contributed by atoms with Gasteiger partial charge >= 0.3 is 0 Å². The van der Waals surface area contributed by atoms with Crippen LogP contribution in [0.4, 0.5) is 0 Å². The van der Waals surface area contributed by atoms with E-state index >= 15 is 0 Å². The molecule has 0 bridgehead atoms. The van der Waals surface area contributed by atoms with E-state index in [1.807, 2.05) is 32.2 Å². The van der Waals surface area contributed by atoms with Crippen molar-refractivity contribution in [1.82, 2.24) is 5.32 Å². The zero-order valence-corrected chi connectivity index (χ0v) is 8.79. The second kappa shape index (κ2) is 5.45. The van der Waals surface area contributed by atoms with E-state index in [0.717, 1.165) is 12.3 Å². The molecule has 76 valence electrons. The van der Waals surface area contributed by atoms with E-state index < -0.39 is 0 Å². The lowest BCUT2D eigenvalue weighted by atomic mass is 10.2. The van der Waals surface area contributed by atoms with E-state index in [-0.39, 0.29) is 6.10 Å². The standard InChI is InChI=1S/C12H17NO/c1-4-10(2)14-12-7-5-6-11(8-12)9-13-3/h4-8,10,13H,1,9H2,2-3H3. The third kappa shape index (κ3) is 3.23. The number of hydrogen-bond acceptors (Lipinski definition) is 2. The smallest absolute Gasteiger partial charge is 0.120 e. The number of rotatable bonds is 5. The van der Waals surface area contributed by atoms with Gasteiger partial charge in [0.2, 0.25) is 0 Å². The lowest BCUT2D eigenvalue weighted by molar-refractivity contribution is 0.270. The van der Waals surface area contributed by atoms with Gasteiger partial charge in [-0.2, -0.15) is 0 Å². The van der Waals surface area contributed by atoms with Gasteiger partial charge in [0.25, 0.3) is 0 Å². The van der Waals surface area contributed by atoms with Gasteiger partial charge in [0.05, 0.1) is 0 Å². The average molecular weight is 191 g/mol. The van der Waals surface area contributed by atoms with Crippen LogP contribution in [-0.4, -0.2) is 13.2 Å². The molecule has 0 fully saturated rings. The molecule has 0 aliphatic heterocycles. The summed E-state index contributed by atoms with van der Waals surface area (Å²) in [6, 6.07) is 8.06. The second-order valence-electron chi connectivity index (χ2n) is 3.24. The third-order valence-corrected chi connectivity index (χ3v) is 1.93. The molecule has 0 aliphatic carbocycles. The SMILES string of the molecule is C=CC(C)Oc1cccc(CNC)c1. The third-order valence-electron chi connectivity index (χ3n) is 1.93. The molecule has 0 radical (unpaired) electrons. The molecular formula is C12H17NO. The first-order valence-corrected chi connectivity index (χ1v) is 4.79. The van der Waals surface area contributed by atoms with Gasteiger partial charge < -0.3 is 10.1 Å². The van der Waals surface area contributed by atoms with Crippen LogP contribution in [0, 0.1) is 0 Å². The van der Waals surface area contributed by atoms with Gasteiger partial charge in [0.1, 0.15) is 11.9 Å². The minimum Gasteiger partial charge on any atom is -0.487 e. The molecule has 0 amide bonds. The van der Waals surface area contributed by atoms with E-state index in [0.29, 0.717) is 0 Å². The van der Waals surface area contributed by atoms with Crippen LogP contribution < -0.4 is 10.1 Å². The molecule has 0 spiro atoms. The predicted octanol–water partition coefficient (Wildman–Crippen LogP) is 2.36. The van der Waals surface area contributed by atoms with Gasteiger partial charge in [-0.1, -0.05) is 24.8 Å². The van der Waals surface area contributed by atoms with Gasteiger partial charge in [-0.25, -0.2) is 0 Å². The fourth-order valence-electron chi connectivity index (χ4n) is 1.20. The first kappa shape index (κ1) is 10.8. The largest absolute Gasteiger partial charge is 0.487 e. The van der Waals surface area contributed by atoms with Crippen LogP contribution in [0.15, 0.2) is 36.9 Å². The summed E-state index contributed by atoms with van der Waals surface area (Å²) in [6.45, 7) is 6.51. The molecule has 1 atom stereocenters. The van der Waals surface area contributed by atoms with Gasteiger partial charge in [0.15, 0.2) is 0 Å². The molecule has 0 aliphatic rings. The van der Waals surface area contributed by atoms with E-state index in [9.17, 15) is 0 Å². The predicted molar refractivity (Wildman–Crippen MR) is 59.5 cm³/mol. The van der Waals surface area contributed by atoms with E-state index in [4.69, 9.17) is 4.74 Å². The Balaban J connectivity index is 2.67. The summed E-state index contributed by atoms with van der Waals surface area (Å²) in [5, 5.41) is 3.10. The van der Waals surface area contributed by atoms with Crippen LogP contribution >= 0.6 is 0 Å². The Kier molecular flexibility index (Phi) is 4.20. The lowest BCUT2D eigenvalue weighted by Crippen LogP contribution is -2.08. The van der Waals surface area contributed by atoms with E-state index in [1.165, 1.54) is 5.56 Å². The molecular weight excluding hydrogens is 174 g/mol. The van der Waals surface area contributed by atoms with Crippen LogP contribution in [0.2, 0.25) is 0 Å². The molecule has 2 heteroatoms. The number of ether oxygens (including phenoxy) is 1. The molecule has 2 nitrogen and oxygen atoms in total. The maximum absolute atomic E-state index is 5.60. The van der Waals surface area contributed by atoms with Gasteiger partial charge in [-0.05, 0) is 31.7 Å². The minimum absolute atomic E-state index is 0.0554. The first-order chi connectivity index (χ1) is 6.76. The Morgan fingerprint density at radius 3 is 3.00 bits per heavy atom. The Hall–Kier alpha value is -1.28. The highest BCUT2D eigenvalue weighted by Gasteiger charge is 1.99. The molecule has 1 aromatic rings. The highest BCUT2D eigenvalue weighted by atomic mass is 16.5. The highest BCUT2D eigenvalue weighted by molar-refractivity contribution is 5.28. The van der Waals surface area contributed by atoms with Crippen molar-refractivity contribution in [2.24, 2.45) is 0 Å². The summed E-state index contributed by atoms with van der Waals surface area (Å²) < 4.78 is 5.60. The van der Waals surface area contributed by atoms with Crippen LogP contribution in [0.5, 0.6) is 5.75 Å². The zero-order valence-electron chi connectivity index (χ0n) is 8.79. The molecule has 0 heterocycles. The number of benzene rings is 1. The Bertz CT molecular complexity index is 296. The lowest BCUT2D eigenvalue weighted by Gasteiger charge is -2.11. The van der Waals surface area contributed by atoms with Gasteiger partial charge in [-0.3, -0.25) is 0 Å². The first-order valence-electron chi connectivity index (χ1n) is 4.79. The molecule has 1 rings (SSSR count). The van der Waals surface area contributed by atoms with Crippen molar-refractivity contribution >= 4 is 0 Å². The van der Waals surface area contributed by atoms with Crippen molar-refractivity contribution in [2.45, 2.75) is 19.6 Å². The molecule has 14 heavy (non-hydrogen) atoms. The fourth-order valence-corrected chi connectivity index (χ4v) is 1.20. The molecule has 0 aromatic heterocycles. The summed E-state index contributed by atoms with van der Waals surface area (Å²) in [5.74, 6) is 0.894. The van der Waals surface area contributed by atoms with Gasteiger partial charge in [0, 0.05) is 6.54 Å². The zero-order chi connectivity index (χ0) is 10.4. The van der Waals surface area contributed by atoms with E-state index in [2.05, 4.69) is 18.0 Å². The maximum atomic E-state index is 5.60. The Labute approximate surface area is 85.6 Å². The van der Waals surface area contributed by atoms with Crippen molar-refractivity contribution in [2.75, 3.05) is 7.05 Å². The monoisotopic (exact) mass is 191 g/mol. The van der Waals surface area contributed by atoms with Crippen molar-refractivity contribution < 1.29 is 4.74 Å². The summed E-state index contributed by atoms with van der Waals surface area (Å²) in [4.78, 5) is 0.